The molecule has 1 heterocycles. The smallest absolute Gasteiger partial charge is 0.374 e. The molecule has 0 aliphatic carbocycles. The number of nitrogens with zero attached hydrogens (tertiary/aromatic N) is 2. The quantitative estimate of drug-likeness (QED) is 0.776. The first-order chi connectivity index (χ1) is 9.25. The Balaban J connectivity index is 1.80. The van der Waals surface area contributed by atoms with Gasteiger partial charge in [-0.1, -0.05) is 30.3 Å². The second-order valence-corrected chi connectivity index (χ2v) is 4.09. The van der Waals surface area contributed by atoms with Crippen molar-refractivity contribution in [1.82, 2.24) is 9.97 Å². The fraction of sp³-hybridized carbons (Fsp3) is 0.214. The maximum Gasteiger partial charge on any atom is 0.374 e. The average Bonchev–Trinajstić information content (AvgIpc) is 2.45. The minimum Gasteiger partial charge on any atom is -0.475 e. The van der Waals surface area contributed by atoms with E-state index in [2.05, 4.69) is 27.4 Å². The molecule has 0 bridgehead atoms. The van der Waals surface area contributed by atoms with Gasteiger partial charge in [0.05, 0.1) is 0 Å². The molecule has 0 fully saturated rings. The van der Waals surface area contributed by atoms with Gasteiger partial charge in [-0.05, 0) is 24.5 Å². The summed E-state index contributed by atoms with van der Waals surface area (Å²) in [5.41, 5.74) is 1.29. The van der Waals surface area contributed by atoms with Crippen molar-refractivity contribution >= 4 is 11.8 Å². The molecule has 0 unspecified atom stereocenters. The lowest BCUT2D eigenvalue weighted by Gasteiger charge is -2.05. The molecule has 0 atom stereocenters. The Morgan fingerprint density at radius 3 is 2.74 bits per heavy atom. The minimum absolute atomic E-state index is 0.187. The summed E-state index contributed by atoms with van der Waals surface area (Å²) in [7, 11) is 0. The molecule has 1 aromatic heterocycles. The number of carbonyl (C=O) groups is 1. The first-order valence-electron chi connectivity index (χ1n) is 6.10. The van der Waals surface area contributed by atoms with E-state index < -0.39 is 5.97 Å². The van der Waals surface area contributed by atoms with Crippen LogP contribution in [-0.4, -0.2) is 27.6 Å². The van der Waals surface area contributed by atoms with Gasteiger partial charge in [0, 0.05) is 12.7 Å². The van der Waals surface area contributed by atoms with Crippen molar-refractivity contribution < 1.29 is 9.90 Å². The third-order valence-corrected chi connectivity index (χ3v) is 2.64. The summed E-state index contributed by atoms with van der Waals surface area (Å²) < 4.78 is 0. The van der Waals surface area contributed by atoms with Gasteiger partial charge in [0.1, 0.15) is 5.82 Å². The minimum atomic E-state index is -1.12. The maximum absolute atomic E-state index is 10.7. The van der Waals surface area contributed by atoms with Gasteiger partial charge in [0.25, 0.3) is 0 Å². The lowest BCUT2D eigenvalue weighted by molar-refractivity contribution is 0.0683. The number of rotatable bonds is 6. The molecular formula is C14H15N3O2. The molecule has 0 spiro atoms. The molecule has 0 aliphatic rings. The van der Waals surface area contributed by atoms with Crippen molar-refractivity contribution in [1.29, 1.82) is 0 Å². The summed E-state index contributed by atoms with van der Waals surface area (Å²) in [5.74, 6) is -0.763. The van der Waals surface area contributed by atoms with Gasteiger partial charge < -0.3 is 10.4 Å². The lowest BCUT2D eigenvalue weighted by Crippen LogP contribution is -2.09. The molecule has 19 heavy (non-hydrogen) atoms. The van der Waals surface area contributed by atoms with Gasteiger partial charge in [-0.2, -0.15) is 0 Å². The van der Waals surface area contributed by atoms with Gasteiger partial charge in [0.15, 0.2) is 0 Å². The number of benzene rings is 1. The summed E-state index contributed by atoms with van der Waals surface area (Å²) in [5, 5.41) is 11.9. The Labute approximate surface area is 111 Å². The second kappa shape index (κ2) is 6.49. The molecule has 5 heteroatoms. The first-order valence-corrected chi connectivity index (χ1v) is 6.10. The summed E-state index contributed by atoms with van der Waals surface area (Å²) in [6, 6.07) is 11.9. The zero-order chi connectivity index (χ0) is 13.5. The van der Waals surface area contributed by atoms with Crippen LogP contribution in [0.1, 0.15) is 22.6 Å². The third kappa shape index (κ3) is 4.06. The highest BCUT2D eigenvalue weighted by atomic mass is 16.4. The Kier molecular flexibility index (Phi) is 4.44. The van der Waals surface area contributed by atoms with Crippen LogP contribution in [0.3, 0.4) is 0 Å². The largest absolute Gasteiger partial charge is 0.475 e. The first kappa shape index (κ1) is 13.0. The average molecular weight is 257 g/mol. The Morgan fingerprint density at radius 2 is 2.00 bits per heavy atom. The van der Waals surface area contributed by atoms with Crippen LogP contribution in [-0.2, 0) is 6.42 Å². The predicted molar refractivity (Wildman–Crippen MR) is 72.2 cm³/mol. The SMILES string of the molecule is O=C(O)c1nccc(NCCCc2ccccc2)n1. The van der Waals surface area contributed by atoms with Gasteiger partial charge in [-0.25, -0.2) is 14.8 Å². The van der Waals surface area contributed by atoms with Crippen molar-refractivity contribution in [2.75, 3.05) is 11.9 Å². The molecule has 1 aromatic carbocycles. The number of hydrogen-bond donors (Lipinski definition) is 2. The Morgan fingerprint density at radius 1 is 1.21 bits per heavy atom. The van der Waals surface area contributed by atoms with Crippen LogP contribution in [0.5, 0.6) is 0 Å². The molecule has 0 aliphatic heterocycles. The van der Waals surface area contributed by atoms with E-state index in [1.54, 1.807) is 6.07 Å². The molecule has 5 nitrogen and oxygen atoms in total. The summed E-state index contributed by atoms with van der Waals surface area (Å²) in [6.07, 6.45) is 3.37. The van der Waals surface area contributed by atoms with Crippen molar-refractivity contribution in [3.63, 3.8) is 0 Å². The summed E-state index contributed by atoms with van der Waals surface area (Å²) in [6.45, 7) is 0.741. The standard InChI is InChI=1S/C14H15N3O2/c18-14(19)13-16-10-8-12(17-13)15-9-4-7-11-5-2-1-3-6-11/h1-3,5-6,8,10H,4,7,9H2,(H,18,19)(H,15,16,17). The Hall–Kier alpha value is -2.43. The van der Waals surface area contributed by atoms with E-state index in [0.29, 0.717) is 5.82 Å². The number of aryl methyl sites for hydroxylation is 1. The highest BCUT2D eigenvalue weighted by Gasteiger charge is 2.06. The number of anilines is 1. The zero-order valence-corrected chi connectivity index (χ0v) is 10.4. The van der Waals surface area contributed by atoms with E-state index >= 15 is 0 Å². The van der Waals surface area contributed by atoms with E-state index in [1.165, 1.54) is 11.8 Å². The van der Waals surface area contributed by atoms with Crippen molar-refractivity contribution in [2.24, 2.45) is 0 Å². The predicted octanol–water partition coefficient (Wildman–Crippen LogP) is 2.22. The maximum atomic E-state index is 10.7. The second-order valence-electron chi connectivity index (χ2n) is 4.09. The van der Waals surface area contributed by atoms with Gasteiger partial charge in [-0.3, -0.25) is 0 Å². The monoisotopic (exact) mass is 257 g/mol. The van der Waals surface area contributed by atoms with Gasteiger partial charge in [0.2, 0.25) is 5.82 Å². The van der Waals surface area contributed by atoms with Crippen LogP contribution in [0.15, 0.2) is 42.6 Å². The van der Waals surface area contributed by atoms with Crippen molar-refractivity contribution in [2.45, 2.75) is 12.8 Å². The highest BCUT2D eigenvalue weighted by Crippen LogP contribution is 2.05. The number of nitrogens with one attached hydrogen (secondary N) is 1. The molecule has 2 N–H and O–H groups in total. The fourth-order valence-electron chi connectivity index (χ4n) is 1.71. The molecular weight excluding hydrogens is 242 g/mol. The normalized spacial score (nSPS) is 10.1. The third-order valence-electron chi connectivity index (χ3n) is 2.64. The number of carboxylic acids is 1. The number of aromatic nitrogens is 2. The van der Waals surface area contributed by atoms with E-state index in [1.807, 2.05) is 18.2 Å². The van der Waals surface area contributed by atoms with Gasteiger partial charge in [-0.15, -0.1) is 0 Å². The van der Waals surface area contributed by atoms with Crippen LogP contribution in [0, 0.1) is 0 Å². The number of aromatic carboxylic acids is 1. The molecule has 2 aromatic rings. The van der Waals surface area contributed by atoms with Crippen molar-refractivity contribution in [3.05, 3.63) is 54.0 Å². The number of hydrogen-bond acceptors (Lipinski definition) is 4. The van der Waals surface area contributed by atoms with E-state index in [9.17, 15) is 4.79 Å². The van der Waals surface area contributed by atoms with Crippen LogP contribution in [0.2, 0.25) is 0 Å². The van der Waals surface area contributed by atoms with Crippen LogP contribution in [0.25, 0.3) is 0 Å². The lowest BCUT2D eigenvalue weighted by atomic mass is 10.1. The van der Waals surface area contributed by atoms with Crippen LogP contribution >= 0.6 is 0 Å². The van der Waals surface area contributed by atoms with E-state index in [0.717, 1.165) is 19.4 Å². The zero-order valence-electron chi connectivity index (χ0n) is 10.4. The van der Waals surface area contributed by atoms with Crippen LogP contribution < -0.4 is 5.32 Å². The fourth-order valence-corrected chi connectivity index (χ4v) is 1.71. The molecule has 0 saturated carbocycles. The van der Waals surface area contributed by atoms with E-state index in [4.69, 9.17) is 5.11 Å². The van der Waals surface area contributed by atoms with E-state index in [-0.39, 0.29) is 5.82 Å². The molecule has 0 saturated heterocycles. The van der Waals surface area contributed by atoms with Gasteiger partial charge >= 0.3 is 5.97 Å². The topological polar surface area (TPSA) is 75.1 Å². The number of carboxylic acid groups (broad SMARTS) is 1. The molecule has 2 rings (SSSR count). The molecule has 0 amide bonds. The van der Waals surface area contributed by atoms with Crippen molar-refractivity contribution in [3.8, 4) is 0 Å². The molecule has 98 valence electrons. The summed E-state index contributed by atoms with van der Waals surface area (Å²) >= 11 is 0. The summed E-state index contributed by atoms with van der Waals surface area (Å²) in [4.78, 5) is 18.3. The molecule has 0 radical (unpaired) electrons. The van der Waals surface area contributed by atoms with Crippen LogP contribution in [0.4, 0.5) is 5.82 Å². The Bertz CT molecular complexity index is 543. The highest BCUT2D eigenvalue weighted by molar-refractivity contribution is 5.83.